The largest absolute Gasteiger partial charge is 0.508 e. The van der Waals surface area contributed by atoms with Crippen LogP contribution in [0.25, 0.3) is 6.08 Å². The van der Waals surface area contributed by atoms with Crippen molar-refractivity contribution in [3.05, 3.63) is 95.1 Å². The van der Waals surface area contributed by atoms with Gasteiger partial charge < -0.3 is 15.3 Å². The number of thioether (sulfide) groups is 1. The Morgan fingerprint density at radius 2 is 1.81 bits per heavy atom. The maximum absolute atomic E-state index is 10.9. The molecule has 1 aliphatic heterocycles. The molecule has 4 rings (SSSR count). The molecule has 0 radical (unpaired) electrons. The average Bonchev–Trinajstić information content (AvgIpc) is 2.75. The third-order valence-electron chi connectivity index (χ3n) is 6.01. The van der Waals surface area contributed by atoms with E-state index < -0.39 is 5.97 Å². The molecule has 0 saturated heterocycles. The lowest BCUT2D eigenvalue weighted by Gasteiger charge is -2.43. The molecule has 5 heteroatoms. The zero-order valence-electron chi connectivity index (χ0n) is 17.2. The molecule has 2 atom stereocenters. The van der Waals surface area contributed by atoms with Gasteiger partial charge in [-0.05, 0) is 64.9 Å². The second-order valence-electron chi connectivity index (χ2n) is 8.15. The predicted octanol–water partition coefficient (Wildman–Crippen LogP) is 5.59. The second kappa shape index (κ2) is 8.52. The van der Waals surface area contributed by atoms with Crippen molar-refractivity contribution in [1.82, 2.24) is 0 Å². The van der Waals surface area contributed by atoms with Gasteiger partial charge in [-0.2, -0.15) is 0 Å². The smallest absolute Gasteiger partial charge is 0.328 e. The van der Waals surface area contributed by atoms with Gasteiger partial charge in [0.15, 0.2) is 0 Å². The summed E-state index contributed by atoms with van der Waals surface area (Å²) in [7, 11) is 0. The Bertz CT molecular complexity index is 1140. The monoisotopic (exact) mass is 432 g/mol. The van der Waals surface area contributed by atoms with E-state index in [0.717, 1.165) is 39.8 Å². The number of hydrogen-bond donors (Lipinski definition) is 3. The number of carboxylic acid groups (broad SMARTS) is 1. The fourth-order valence-corrected chi connectivity index (χ4v) is 5.70. The topological polar surface area (TPSA) is 77.8 Å². The van der Waals surface area contributed by atoms with Crippen LogP contribution < -0.4 is 0 Å². The lowest BCUT2D eigenvalue weighted by Crippen LogP contribution is -2.37. The summed E-state index contributed by atoms with van der Waals surface area (Å²) in [5, 5.41) is 28.7. The van der Waals surface area contributed by atoms with Crippen LogP contribution in [0, 0.1) is 0 Å². The van der Waals surface area contributed by atoms with Crippen LogP contribution in [0.15, 0.2) is 77.7 Å². The van der Waals surface area contributed by atoms with Crippen molar-refractivity contribution in [2.45, 2.75) is 29.6 Å². The maximum Gasteiger partial charge on any atom is 0.328 e. The fraction of sp³-hybridized carbons (Fsp3) is 0.192. The summed E-state index contributed by atoms with van der Waals surface area (Å²) in [6.07, 6.45) is 3.52. The van der Waals surface area contributed by atoms with Crippen LogP contribution >= 0.6 is 11.8 Å². The van der Waals surface area contributed by atoms with Gasteiger partial charge in [-0.25, -0.2) is 4.79 Å². The molecule has 31 heavy (non-hydrogen) atoms. The van der Waals surface area contributed by atoms with E-state index in [9.17, 15) is 15.0 Å². The highest BCUT2D eigenvalue weighted by molar-refractivity contribution is 7.99. The third-order valence-corrected chi connectivity index (χ3v) is 7.41. The van der Waals surface area contributed by atoms with Crippen LogP contribution in [0.4, 0.5) is 0 Å². The summed E-state index contributed by atoms with van der Waals surface area (Å²) in [4.78, 5) is 12.0. The molecular weight excluding hydrogens is 408 g/mol. The van der Waals surface area contributed by atoms with E-state index >= 15 is 0 Å². The minimum atomic E-state index is -0.969. The predicted molar refractivity (Wildman–Crippen MR) is 124 cm³/mol. The number of rotatable bonds is 5. The molecule has 1 heterocycles. The molecule has 0 amide bonds. The van der Waals surface area contributed by atoms with Gasteiger partial charge in [0.25, 0.3) is 0 Å². The Labute approximate surface area is 185 Å². The summed E-state index contributed by atoms with van der Waals surface area (Å²) in [5.41, 5.74) is 4.13. The van der Waals surface area contributed by atoms with Gasteiger partial charge >= 0.3 is 5.97 Å². The highest BCUT2D eigenvalue weighted by Crippen LogP contribution is 2.52. The van der Waals surface area contributed by atoms with Gasteiger partial charge in [0.2, 0.25) is 0 Å². The number of phenolic OH excluding ortho intramolecular Hbond substituents is 2. The first-order valence-electron chi connectivity index (χ1n) is 10.1. The highest BCUT2D eigenvalue weighted by atomic mass is 32.2. The van der Waals surface area contributed by atoms with Crippen LogP contribution in [0.2, 0.25) is 0 Å². The van der Waals surface area contributed by atoms with Crippen LogP contribution in [0.3, 0.4) is 0 Å². The van der Waals surface area contributed by atoms with Crippen molar-refractivity contribution in [2.75, 3.05) is 5.75 Å². The second-order valence-corrected chi connectivity index (χ2v) is 9.17. The van der Waals surface area contributed by atoms with Crippen LogP contribution in [-0.4, -0.2) is 27.0 Å². The Hall–Kier alpha value is -3.18. The van der Waals surface area contributed by atoms with E-state index in [-0.39, 0.29) is 22.8 Å². The van der Waals surface area contributed by atoms with E-state index in [1.54, 1.807) is 36.0 Å². The first kappa shape index (κ1) is 21.1. The summed E-state index contributed by atoms with van der Waals surface area (Å²) in [6.45, 7) is 2.25. The number of carbonyl (C=O) groups is 1. The zero-order valence-corrected chi connectivity index (χ0v) is 18.0. The minimum Gasteiger partial charge on any atom is -0.508 e. The van der Waals surface area contributed by atoms with Crippen LogP contribution in [0.1, 0.15) is 35.1 Å². The molecule has 0 spiro atoms. The molecule has 1 unspecified atom stereocenters. The number of hydrogen-bond acceptors (Lipinski definition) is 4. The van der Waals surface area contributed by atoms with Gasteiger partial charge in [-0.1, -0.05) is 49.4 Å². The molecule has 158 valence electrons. The van der Waals surface area contributed by atoms with E-state index in [0.29, 0.717) is 0 Å². The summed E-state index contributed by atoms with van der Waals surface area (Å²) >= 11 is 1.74. The van der Waals surface area contributed by atoms with E-state index in [1.807, 2.05) is 42.5 Å². The normalized spacial score (nSPS) is 20.5. The molecule has 4 nitrogen and oxygen atoms in total. The summed E-state index contributed by atoms with van der Waals surface area (Å²) < 4.78 is 0. The lowest BCUT2D eigenvalue weighted by atomic mass is 9.67. The Balaban J connectivity index is 1.76. The van der Waals surface area contributed by atoms with Gasteiger partial charge in [-0.15, -0.1) is 11.8 Å². The molecule has 3 aromatic carbocycles. The number of fused-ring (bicyclic) bond motifs is 1. The number of aliphatic carboxylic acids is 1. The molecule has 0 fully saturated rings. The Morgan fingerprint density at radius 3 is 2.55 bits per heavy atom. The lowest BCUT2D eigenvalue weighted by molar-refractivity contribution is -0.131. The average molecular weight is 433 g/mol. The highest BCUT2D eigenvalue weighted by Gasteiger charge is 2.41. The van der Waals surface area contributed by atoms with Crippen molar-refractivity contribution in [3.63, 3.8) is 0 Å². The van der Waals surface area contributed by atoms with Gasteiger partial charge in [-0.3, -0.25) is 0 Å². The molecule has 0 saturated carbocycles. The van der Waals surface area contributed by atoms with E-state index in [4.69, 9.17) is 5.11 Å². The van der Waals surface area contributed by atoms with Crippen LogP contribution in [0.5, 0.6) is 11.5 Å². The number of benzene rings is 3. The fourth-order valence-electron chi connectivity index (χ4n) is 4.30. The van der Waals surface area contributed by atoms with Gasteiger partial charge in [0.05, 0.1) is 0 Å². The van der Waals surface area contributed by atoms with E-state index in [1.165, 1.54) is 5.56 Å². The molecule has 0 aromatic heterocycles. The standard InChI is InChI=1S/C26H24O4S/c1-26(19-6-8-20(27)9-7-19)16-31-24-15-21(28)10-11-22(24)23(26)14-18-4-2-3-17(13-18)5-12-25(29)30/h2-13,15,23,27-28H,14,16H2,1H3,(H,29,30)/t23?,26-/m1/s1. The maximum atomic E-state index is 10.9. The van der Waals surface area contributed by atoms with Crippen molar-refractivity contribution in [3.8, 4) is 11.5 Å². The Kier molecular flexibility index (Phi) is 5.79. The number of carboxylic acids is 1. The SMILES string of the molecule is C[C@]1(c2ccc(O)cc2)CSc2cc(O)ccc2C1Cc1cccc(C=CC(=O)O)c1. The minimum absolute atomic E-state index is 0.146. The molecular formula is C26H24O4S. The molecule has 0 bridgehead atoms. The van der Waals surface area contributed by atoms with Crippen molar-refractivity contribution >= 4 is 23.8 Å². The number of aromatic hydroxyl groups is 2. The third kappa shape index (κ3) is 4.47. The quantitative estimate of drug-likeness (QED) is 0.459. The molecule has 3 aromatic rings. The van der Waals surface area contributed by atoms with Crippen molar-refractivity contribution in [1.29, 1.82) is 0 Å². The van der Waals surface area contributed by atoms with E-state index in [2.05, 4.69) is 13.0 Å². The van der Waals surface area contributed by atoms with Gasteiger partial charge in [0, 0.05) is 22.1 Å². The van der Waals surface area contributed by atoms with Crippen LogP contribution in [-0.2, 0) is 16.6 Å². The Morgan fingerprint density at radius 1 is 1.06 bits per heavy atom. The first-order chi connectivity index (χ1) is 14.8. The van der Waals surface area contributed by atoms with Crippen molar-refractivity contribution < 1.29 is 20.1 Å². The number of phenols is 2. The zero-order chi connectivity index (χ0) is 22.0. The first-order valence-corrected chi connectivity index (χ1v) is 11.1. The summed E-state index contributed by atoms with van der Waals surface area (Å²) in [5.74, 6) is 0.530. The van der Waals surface area contributed by atoms with Crippen molar-refractivity contribution in [2.24, 2.45) is 0 Å². The molecule has 0 aliphatic carbocycles. The van der Waals surface area contributed by atoms with Gasteiger partial charge in [0.1, 0.15) is 11.5 Å². The summed E-state index contributed by atoms with van der Waals surface area (Å²) in [6, 6.07) is 20.9. The molecule has 3 N–H and O–H groups in total. The molecule has 1 aliphatic rings.